The second-order valence-electron chi connectivity index (χ2n) is 9.42. The molecule has 0 atom stereocenters. The number of halogens is 1. The third kappa shape index (κ3) is 6.13. The highest BCUT2D eigenvalue weighted by Gasteiger charge is 2.14. The minimum absolute atomic E-state index is 0.0484. The standard InChI is InChI=1S/C32H28FN5O2/c1-21-3-5-22(6-4-21)23-7-9-24(10-8-23)29-20-27(13-16-31(39)34-2)37-38(29)28-14-11-26(12-15-28)36-32(40)25-17-18-35-30(33)19-25/h3-12,14-15,17-20H,13,16H2,1-2H3,(H,34,39)(H,36,40). The summed E-state index contributed by atoms with van der Waals surface area (Å²) in [5, 5.41) is 10.2. The smallest absolute Gasteiger partial charge is 0.255 e. The van der Waals surface area contributed by atoms with Crippen LogP contribution >= 0.6 is 0 Å². The molecule has 0 fully saturated rings. The van der Waals surface area contributed by atoms with E-state index in [1.807, 2.05) is 22.9 Å². The van der Waals surface area contributed by atoms with E-state index in [2.05, 4.69) is 71.1 Å². The zero-order valence-electron chi connectivity index (χ0n) is 22.2. The first-order chi connectivity index (χ1) is 19.4. The number of anilines is 1. The number of amides is 2. The second-order valence-corrected chi connectivity index (χ2v) is 9.42. The number of pyridine rings is 1. The lowest BCUT2D eigenvalue weighted by atomic mass is 10.0. The summed E-state index contributed by atoms with van der Waals surface area (Å²) < 4.78 is 15.2. The molecule has 0 saturated carbocycles. The quantitative estimate of drug-likeness (QED) is 0.240. The SMILES string of the molecule is CNC(=O)CCc1cc(-c2ccc(-c3ccc(C)cc3)cc2)n(-c2ccc(NC(=O)c3ccnc(F)c3)cc2)n1. The van der Waals surface area contributed by atoms with E-state index in [4.69, 9.17) is 5.10 Å². The van der Waals surface area contributed by atoms with Crippen LogP contribution in [0.5, 0.6) is 0 Å². The van der Waals surface area contributed by atoms with Gasteiger partial charge in [0.1, 0.15) is 0 Å². The molecule has 2 aromatic heterocycles. The third-order valence-electron chi connectivity index (χ3n) is 6.57. The Morgan fingerprint density at radius 3 is 2.15 bits per heavy atom. The minimum atomic E-state index is -0.715. The summed E-state index contributed by atoms with van der Waals surface area (Å²) in [4.78, 5) is 27.8. The van der Waals surface area contributed by atoms with Crippen molar-refractivity contribution in [2.45, 2.75) is 19.8 Å². The molecule has 8 heteroatoms. The van der Waals surface area contributed by atoms with Crippen molar-refractivity contribution < 1.29 is 14.0 Å². The molecule has 0 unspecified atom stereocenters. The van der Waals surface area contributed by atoms with Gasteiger partial charge in [-0.15, -0.1) is 0 Å². The van der Waals surface area contributed by atoms with Crippen LogP contribution in [0.25, 0.3) is 28.1 Å². The summed E-state index contributed by atoms with van der Waals surface area (Å²) in [6.07, 6.45) is 2.08. The molecule has 2 amide bonds. The van der Waals surface area contributed by atoms with E-state index >= 15 is 0 Å². The summed E-state index contributed by atoms with van der Waals surface area (Å²) in [5.41, 5.74) is 7.65. The number of carbonyl (C=O) groups is 2. The van der Waals surface area contributed by atoms with Gasteiger partial charge in [-0.25, -0.2) is 9.67 Å². The van der Waals surface area contributed by atoms with Gasteiger partial charge in [-0.2, -0.15) is 9.49 Å². The Bertz CT molecular complexity index is 1640. The molecule has 0 radical (unpaired) electrons. The van der Waals surface area contributed by atoms with Crippen molar-refractivity contribution in [2.75, 3.05) is 12.4 Å². The highest BCUT2D eigenvalue weighted by atomic mass is 19.1. The van der Waals surface area contributed by atoms with Crippen molar-refractivity contribution in [1.82, 2.24) is 20.1 Å². The lowest BCUT2D eigenvalue weighted by Crippen LogP contribution is -2.18. The second kappa shape index (κ2) is 11.7. The Kier molecular flexibility index (Phi) is 7.77. The fourth-order valence-electron chi connectivity index (χ4n) is 4.33. The number of benzene rings is 3. The molecule has 0 aliphatic heterocycles. The average molecular weight is 534 g/mol. The molecule has 40 heavy (non-hydrogen) atoms. The monoisotopic (exact) mass is 533 g/mol. The highest BCUT2D eigenvalue weighted by Crippen LogP contribution is 2.28. The van der Waals surface area contributed by atoms with Crippen LogP contribution in [0.3, 0.4) is 0 Å². The molecule has 0 spiro atoms. The van der Waals surface area contributed by atoms with Gasteiger partial charge in [0.25, 0.3) is 5.91 Å². The van der Waals surface area contributed by atoms with Gasteiger partial charge in [0.05, 0.1) is 17.1 Å². The van der Waals surface area contributed by atoms with Gasteiger partial charge in [-0.05, 0) is 54.4 Å². The molecular weight excluding hydrogens is 505 g/mol. The van der Waals surface area contributed by atoms with Crippen molar-refractivity contribution in [3.63, 3.8) is 0 Å². The summed E-state index contributed by atoms with van der Waals surface area (Å²) in [6, 6.07) is 28.5. The maximum atomic E-state index is 13.4. The normalized spacial score (nSPS) is 10.8. The molecular formula is C32H28FN5O2. The van der Waals surface area contributed by atoms with Crippen LogP contribution in [0.2, 0.25) is 0 Å². The van der Waals surface area contributed by atoms with Gasteiger partial charge < -0.3 is 10.6 Å². The van der Waals surface area contributed by atoms with Crippen LogP contribution in [0.1, 0.15) is 28.0 Å². The number of hydrogen-bond donors (Lipinski definition) is 2. The molecule has 2 N–H and O–H groups in total. The highest BCUT2D eigenvalue weighted by molar-refractivity contribution is 6.04. The predicted molar refractivity (Wildman–Crippen MR) is 154 cm³/mol. The van der Waals surface area contributed by atoms with Gasteiger partial charge in [0, 0.05) is 49.0 Å². The van der Waals surface area contributed by atoms with Crippen molar-refractivity contribution in [2.24, 2.45) is 0 Å². The first-order valence-electron chi connectivity index (χ1n) is 12.9. The van der Waals surface area contributed by atoms with E-state index in [9.17, 15) is 14.0 Å². The first kappa shape index (κ1) is 26.5. The molecule has 5 rings (SSSR count). The number of aromatic nitrogens is 3. The van der Waals surface area contributed by atoms with Crippen LogP contribution in [-0.4, -0.2) is 33.6 Å². The molecule has 7 nitrogen and oxygen atoms in total. The molecule has 0 saturated heterocycles. The van der Waals surface area contributed by atoms with Crippen LogP contribution in [0.15, 0.2) is 97.2 Å². The fraction of sp³-hybridized carbons (Fsp3) is 0.125. The summed E-state index contributed by atoms with van der Waals surface area (Å²) in [7, 11) is 1.62. The number of hydrogen-bond acceptors (Lipinski definition) is 4. The zero-order chi connectivity index (χ0) is 28.1. The molecule has 5 aromatic rings. The van der Waals surface area contributed by atoms with Crippen molar-refractivity contribution >= 4 is 17.5 Å². The van der Waals surface area contributed by atoms with Gasteiger partial charge in [-0.1, -0.05) is 54.1 Å². The van der Waals surface area contributed by atoms with E-state index < -0.39 is 11.9 Å². The number of nitrogens with zero attached hydrogens (tertiary/aromatic N) is 3. The Labute approximate surface area is 231 Å². The van der Waals surface area contributed by atoms with Crippen LogP contribution < -0.4 is 10.6 Å². The van der Waals surface area contributed by atoms with Crippen molar-refractivity contribution in [3.05, 3.63) is 120 Å². The van der Waals surface area contributed by atoms with Crippen LogP contribution in [0, 0.1) is 12.9 Å². The van der Waals surface area contributed by atoms with Gasteiger partial charge in [0.2, 0.25) is 11.9 Å². The van der Waals surface area contributed by atoms with Crippen LogP contribution in [0.4, 0.5) is 10.1 Å². The Morgan fingerprint density at radius 2 is 1.50 bits per heavy atom. The largest absolute Gasteiger partial charge is 0.359 e. The zero-order valence-corrected chi connectivity index (χ0v) is 22.2. The number of rotatable bonds is 8. The Hall–Kier alpha value is -5.11. The molecule has 3 aromatic carbocycles. The van der Waals surface area contributed by atoms with E-state index in [1.165, 1.54) is 17.8 Å². The van der Waals surface area contributed by atoms with E-state index in [0.717, 1.165) is 39.8 Å². The number of nitrogens with one attached hydrogen (secondary N) is 2. The summed E-state index contributed by atoms with van der Waals surface area (Å²) in [6.45, 7) is 2.07. The molecule has 200 valence electrons. The maximum Gasteiger partial charge on any atom is 0.255 e. The number of carbonyl (C=O) groups excluding carboxylic acids is 2. The van der Waals surface area contributed by atoms with Gasteiger partial charge in [-0.3, -0.25) is 9.59 Å². The van der Waals surface area contributed by atoms with Crippen LogP contribution in [-0.2, 0) is 11.2 Å². The average Bonchev–Trinajstić information content (AvgIpc) is 3.41. The number of aryl methyl sites for hydroxylation is 2. The first-order valence-corrected chi connectivity index (χ1v) is 12.9. The lowest BCUT2D eigenvalue weighted by molar-refractivity contribution is -0.120. The van der Waals surface area contributed by atoms with Crippen molar-refractivity contribution in [1.29, 1.82) is 0 Å². The Balaban J connectivity index is 1.42. The lowest BCUT2D eigenvalue weighted by Gasteiger charge is -2.10. The van der Waals surface area contributed by atoms with Gasteiger partial charge >= 0.3 is 0 Å². The van der Waals surface area contributed by atoms with Crippen molar-refractivity contribution in [3.8, 4) is 28.1 Å². The minimum Gasteiger partial charge on any atom is -0.359 e. The molecule has 0 bridgehead atoms. The topological polar surface area (TPSA) is 88.9 Å². The van der Waals surface area contributed by atoms with E-state index in [1.54, 1.807) is 19.2 Å². The molecule has 0 aliphatic rings. The maximum absolute atomic E-state index is 13.4. The molecule has 0 aliphatic carbocycles. The fourth-order valence-corrected chi connectivity index (χ4v) is 4.33. The van der Waals surface area contributed by atoms with Gasteiger partial charge in [0.15, 0.2) is 0 Å². The Morgan fingerprint density at radius 1 is 0.850 bits per heavy atom. The van der Waals surface area contributed by atoms with E-state index in [-0.39, 0.29) is 11.5 Å². The predicted octanol–water partition coefficient (Wildman–Crippen LogP) is 5.98. The van der Waals surface area contributed by atoms with E-state index in [0.29, 0.717) is 18.5 Å². The summed E-state index contributed by atoms with van der Waals surface area (Å²) in [5.74, 6) is -1.19. The molecule has 2 heterocycles. The summed E-state index contributed by atoms with van der Waals surface area (Å²) >= 11 is 0. The third-order valence-corrected chi connectivity index (χ3v) is 6.57.